The number of hydrogen-bond acceptors (Lipinski definition) is 6. The third-order valence-corrected chi connectivity index (χ3v) is 6.24. The Morgan fingerprint density at radius 2 is 1.34 bits per heavy atom. The highest BCUT2D eigenvalue weighted by Gasteiger charge is 2.37. The summed E-state index contributed by atoms with van der Waals surface area (Å²) in [4.78, 5) is 2.44. The summed E-state index contributed by atoms with van der Waals surface area (Å²) in [5.41, 5.74) is 5.83. The molecule has 1 aliphatic heterocycles. The minimum atomic E-state index is 0.308. The zero-order valence-electron chi connectivity index (χ0n) is 18.0. The van der Waals surface area contributed by atoms with Crippen LogP contribution < -0.4 is 23.7 Å². The zero-order valence-corrected chi connectivity index (χ0v) is 18.0. The highest BCUT2D eigenvalue weighted by atomic mass is 16.5. The van der Waals surface area contributed by atoms with Crippen molar-refractivity contribution in [3.05, 3.63) is 28.8 Å². The first-order valence-electron chi connectivity index (χ1n) is 9.89. The molecule has 0 unspecified atom stereocenters. The Bertz CT molecular complexity index is 940. The summed E-state index contributed by atoms with van der Waals surface area (Å²) in [5.74, 6) is 3.42. The lowest BCUT2D eigenvalue weighted by atomic mass is 9.85. The van der Waals surface area contributed by atoms with E-state index in [-0.39, 0.29) is 0 Å². The molecular weight excluding hydrogens is 370 g/mol. The van der Waals surface area contributed by atoms with E-state index < -0.39 is 0 Å². The molecule has 0 amide bonds. The van der Waals surface area contributed by atoms with Gasteiger partial charge in [-0.05, 0) is 55.1 Å². The highest BCUT2D eigenvalue weighted by molar-refractivity contribution is 5.88. The monoisotopic (exact) mass is 399 g/mol. The quantitative estimate of drug-likeness (QED) is 0.761. The summed E-state index contributed by atoms with van der Waals surface area (Å²) in [6.07, 6.45) is 2.89. The molecule has 1 heterocycles. The Balaban J connectivity index is 2.16. The predicted molar refractivity (Wildman–Crippen MR) is 112 cm³/mol. The second-order valence-corrected chi connectivity index (χ2v) is 7.52. The lowest BCUT2D eigenvalue weighted by Gasteiger charge is -2.36. The van der Waals surface area contributed by atoms with Gasteiger partial charge in [0, 0.05) is 23.7 Å². The lowest BCUT2D eigenvalue weighted by molar-refractivity contribution is 0.220. The second-order valence-electron chi connectivity index (χ2n) is 7.52. The number of aryl methyl sites for hydroxylation is 1. The lowest BCUT2D eigenvalue weighted by Crippen LogP contribution is -2.32. The van der Waals surface area contributed by atoms with Gasteiger partial charge in [-0.3, -0.25) is 4.90 Å². The molecule has 0 bridgehead atoms. The van der Waals surface area contributed by atoms with Gasteiger partial charge in [-0.15, -0.1) is 0 Å². The van der Waals surface area contributed by atoms with Crippen molar-refractivity contribution in [2.75, 3.05) is 49.1 Å². The van der Waals surface area contributed by atoms with E-state index in [1.54, 1.807) is 35.5 Å². The Morgan fingerprint density at radius 1 is 0.724 bits per heavy atom. The van der Waals surface area contributed by atoms with Gasteiger partial charge in [0.25, 0.3) is 0 Å². The summed E-state index contributed by atoms with van der Waals surface area (Å²) in [6.45, 7) is 1.02. The zero-order chi connectivity index (χ0) is 20.7. The Labute approximate surface area is 172 Å². The molecule has 4 rings (SSSR count). The van der Waals surface area contributed by atoms with Crippen molar-refractivity contribution in [2.45, 2.75) is 25.3 Å². The van der Waals surface area contributed by atoms with Gasteiger partial charge in [-0.1, -0.05) is 0 Å². The maximum atomic E-state index is 5.91. The topological polar surface area (TPSA) is 49.4 Å². The van der Waals surface area contributed by atoms with Crippen LogP contribution in [-0.2, 0) is 12.8 Å². The summed E-state index contributed by atoms with van der Waals surface area (Å²) in [6, 6.07) is 4.51. The van der Waals surface area contributed by atoms with E-state index in [0.29, 0.717) is 23.3 Å². The molecule has 6 nitrogen and oxygen atoms in total. The molecular formula is C23H29NO5. The van der Waals surface area contributed by atoms with Gasteiger partial charge in [0.2, 0.25) is 5.75 Å². The largest absolute Gasteiger partial charge is 0.493 e. The number of hydrogen-bond donors (Lipinski definition) is 0. The SMILES string of the molecule is COc1cc2c(c(OC)c1OC)-c1c(OC)c(OC)cc3c1[C@H](CC2)N(C)CC3. The summed E-state index contributed by atoms with van der Waals surface area (Å²) < 4.78 is 28.9. The molecule has 1 aliphatic carbocycles. The second kappa shape index (κ2) is 7.67. The Kier molecular flexibility index (Phi) is 5.21. The molecule has 0 fully saturated rings. The average Bonchev–Trinajstić information content (AvgIpc) is 2.92. The molecule has 0 spiro atoms. The molecule has 156 valence electrons. The van der Waals surface area contributed by atoms with Crippen LogP contribution in [0.5, 0.6) is 28.7 Å². The van der Waals surface area contributed by atoms with E-state index in [0.717, 1.165) is 54.0 Å². The van der Waals surface area contributed by atoms with E-state index in [1.807, 2.05) is 0 Å². The molecule has 0 radical (unpaired) electrons. The van der Waals surface area contributed by atoms with Crippen LogP contribution in [0.3, 0.4) is 0 Å². The van der Waals surface area contributed by atoms with Crippen molar-refractivity contribution < 1.29 is 23.7 Å². The van der Waals surface area contributed by atoms with Gasteiger partial charge in [-0.25, -0.2) is 0 Å². The Hall–Kier alpha value is -2.60. The normalized spacial score (nSPS) is 17.7. The number of methoxy groups -OCH3 is 5. The average molecular weight is 399 g/mol. The van der Waals surface area contributed by atoms with Gasteiger partial charge in [0.15, 0.2) is 23.0 Å². The van der Waals surface area contributed by atoms with Crippen LogP contribution in [0.15, 0.2) is 12.1 Å². The van der Waals surface area contributed by atoms with Crippen LogP contribution in [0.25, 0.3) is 11.1 Å². The summed E-state index contributed by atoms with van der Waals surface area (Å²) in [7, 11) is 10.5. The van der Waals surface area contributed by atoms with Crippen molar-refractivity contribution in [1.82, 2.24) is 4.90 Å². The predicted octanol–water partition coefficient (Wildman–Crippen LogP) is 3.87. The maximum Gasteiger partial charge on any atom is 0.203 e. The van der Waals surface area contributed by atoms with Crippen molar-refractivity contribution in [1.29, 1.82) is 0 Å². The summed E-state index contributed by atoms with van der Waals surface area (Å²) in [5, 5.41) is 0. The minimum absolute atomic E-state index is 0.308. The molecule has 2 aromatic rings. The fourth-order valence-electron chi connectivity index (χ4n) is 4.91. The third kappa shape index (κ3) is 2.89. The molecule has 6 heteroatoms. The van der Waals surface area contributed by atoms with E-state index in [9.17, 15) is 0 Å². The van der Waals surface area contributed by atoms with E-state index in [4.69, 9.17) is 23.7 Å². The number of benzene rings is 2. The van der Waals surface area contributed by atoms with Crippen molar-refractivity contribution in [3.8, 4) is 39.9 Å². The summed E-state index contributed by atoms with van der Waals surface area (Å²) >= 11 is 0. The number of likely N-dealkylation sites (N-methyl/N-ethyl adjacent to an activating group) is 1. The highest BCUT2D eigenvalue weighted by Crippen LogP contribution is 2.56. The van der Waals surface area contributed by atoms with Gasteiger partial charge in [0.1, 0.15) is 0 Å². The number of nitrogens with zero attached hydrogens (tertiary/aromatic N) is 1. The van der Waals surface area contributed by atoms with E-state index in [2.05, 4.69) is 24.1 Å². The number of rotatable bonds is 5. The van der Waals surface area contributed by atoms with Crippen LogP contribution >= 0.6 is 0 Å². The van der Waals surface area contributed by atoms with Gasteiger partial charge in [-0.2, -0.15) is 0 Å². The van der Waals surface area contributed by atoms with Crippen LogP contribution in [-0.4, -0.2) is 54.0 Å². The smallest absolute Gasteiger partial charge is 0.203 e. The molecule has 2 aliphatic rings. The third-order valence-electron chi connectivity index (χ3n) is 6.24. The number of fused-ring (bicyclic) bond motifs is 2. The molecule has 29 heavy (non-hydrogen) atoms. The fraction of sp³-hybridized carbons (Fsp3) is 0.478. The van der Waals surface area contributed by atoms with Gasteiger partial charge in [0.05, 0.1) is 35.5 Å². The van der Waals surface area contributed by atoms with E-state index in [1.165, 1.54) is 11.1 Å². The van der Waals surface area contributed by atoms with Crippen molar-refractivity contribution >= 4 is 0 Å². The maximum absolute atomic E-state index is 5.91. The van der Waals surface area contributed by atoms with Gasteiger partial charge < -0.3 is 23.7 Å². The van der Waals surface area contributed by atoms with Crippen molar-refractivity contribution in [2.24, 2.45) is 0 Å². The number of ether oxygens (including phenoxy) is 5. The van der Waals surface area contributed by atoms with Crippen LogP contribution in [0.4, 0.5) is 0 Å². The van der Waals surface area contributed by atoms with Crippen LogP contribution in [0.1, 0.15) is 29.2 Å². The minimum Gasteiger partial charge on any atom is -0.493 e. The molecule has 0 N–H and O–H groups in total. The van der Waals surface area contributed by atoms with Crippen LogP contribution in [0, 0.1) is 0 Å². The first-order chi connectivity index (χ1) is 14.1. The fourth-order valence-corrected chi connectivity index (χ4v) is 4.91. The molecule has 0 aromatic heterocycles. The molecule has 0 saturated carbocycles. The first-order valence-corrected chi connectivity index (χ1v) is 9.89. The standard InChI is InChI=1S/C23H29NO5/c1-24-10-9-14-12-16(25-2)21(27-4)20-18(14)15(24)8-7-13-11-17(26-3)22(28-5)23(29-6)19(13)20/h11-12,15H,7-10H2,1-6H3/t15-/m0/s1. The van der Waals surface area contributed by atoms with Crippen LogP contribution in [0.2, 0.25) is 0 Å². The van der Waals surface area contributed by atoms with Crippen molar-refractivity contribution in [3.63, 3.8) is 0 Å². The Morgan fingerprint density at radius 3 is 1.97 bits per heavy atom. The molecule has 1 atom stereocenters. The van der Waals surface area contributed by atoms with E-state index >= 15 is 0 Å². The first kappa shape index (κ1) is 19.7. The molecule has 2 aromatic carbocycles. The van der Waals surface area contributed by atoms with Gasteiger partial charge >= 0.3 is 0 Å². The molecule has 0 saturated heterocycles.